The lowest BCUT2D eigenvalue weighted by Gasteiger charge is -2.28. The zero-order chi connectivity index (χ0) is 28.5. The standard InChI is InChI=1S/C23H44N6O10/c1-23(20-37-7-4-30,21-38-18-16-35-14-12-33-10-8-31-5-2-26-28-24)22-39-19-17-36-15-13-34-11-9-32-6-3-27-29-25/h4H,2-3,5-22H2,1H3. The molecular weight excluding hydrogens is 520 g/mol. The number of carbonyl (C=O) groups excluding carboxylic acids is 1. The van der Waals surface area contributed by atoms with Crippen LogP contribution in [0.1, 0.15) is 6.92 Å². The molecule has 0 heterocycles. The molecule has 0 aliphatic rings. The van der Waals surface area contributed by atoms with E-state index in [9.17, 15) is 4.79 Å². The monoisotopic (exact) mass is 564 g/mol. The molecule has 39 heavy (non-hydrogen) atoms. The van der Waals surface area contributed by atoms with E-state index in [1.54, 1.807) is 0 Å². The quantitative estimate of drug-likeness (QED) is 0.0382. The summed E-state index contributed by atoms with van der Waals surface area (Å²) in [4.78, 5) is 15.9. The Kier molecular flexibility index (Phi) is 28.9. The van der Waals surface area contributed by atoms with E-state index in [1.165, 1.54) is 0 Å². The largest absolute Gasteiger partial charge is 0.379 e. The summed E-state index contributed by atoms with van der Waals surface area (Å²) in [6.45, 7) is 9.47. The summed E-state index contributed by atoms with van der Waals surface area (Å²) >= 11 is 0. The molecule has 0 saturated heterocycles. The highest BCUT2D eigenvalue weighted by atomic mass is 16.6. The van der Waals surface area contributed by atoms with Crippen molar-refractivity contribution in [1.82, 2.24) is 0 Å². The Morgan fingerprint density at radius 3 is 1.18 bits per heavy atom. The molecule has 16 nitrogen and oxygen atoms in total. The molecule has 0 radical (unpaired) electrons. The van der Waals surface area contributed by atoms with E-state index in [4.69, 9.17) is 53.7 Å². The molecule has 0 aromatic rings. The van der Waals surface area contributed by atoms with Crippen molar-refractivity contribution in [3.63, 3.8) is 0 Å². The number of hydrogen-bond acceptors (Lipinski definition) is 12. The van der Waals surface area contributed by atoms with E-state index in [0.29, 0.717) is 132 Å². The predicted molar refractivity (Wildman–Crippen MR) is 140 cm³/mol. The van der Waals surface area contributed by atoms with Crippen molar-refractivity contribution in [2.75, 3.05) is 132 Å². The number of carbonyl (C=O) groups is 1. The first kappa shape index (κ1) is 36.9. The Balaban J connectivity index is 3.75. The highest BCUT2D eigenvalue weighted by molar-refractivity contribution is 5.50. The number of ether oxygens (including phenoxy) is 9. The van der Waals surface area contributed by atoms with Crippen molar-refractivity contribution in [2.45, 2.75) is 6.92 Å². The van der Waals surface area contributed by atoms with Gasteiger partial charge < -0.3 is 47.4 Å². The van der Waals surface area contributed by atoms with Crippen LogP contribution in [0.3, 0.4) is 0 Å². The molecule has 0 N–H and O–H groups in total. The summed E-state index contributed by atoms with van der Waals surface area (Å²) in [5.41, 5.74) is 15.9. The van der Waals surface area contributed by atoms with Crippen LogP contribution in [0.5, 0.6) is 0 Å². The minimum atomic E-state index is -0.438. The summed E-state index contributed by atoms with van der Waals surface area (Å²) in [7, 11) is 0. The third-order valence-electron chi connectivity index (χ3n) is 4.57. The molecule has 0 atom stereocenters. The Labute approximate surface area is 229 Å². The van der Waals surface area contributed by atoms with Crippen molar-refractivity contribution in [3.05, 3.63) is 20.9 Å². The lowest BCUT2D eigenvalue weighted by atomic mass is 9.94. The molecular formula is C23H44N6O10. The van der Waals surface area contributed by atoms with Gasteiger partial charge in [0, 0.05) is 28.3 Å². The van der Waals surface area contributed by atoms with Crippen LogP contribution in [0.2, 0.25) is 0 Å². The highest BCUT2D eigenvalue weighted by Crippen LogP contribution is 2.18. The van der Waals surface area contributed by atoms with Crippen LogP contribution in [-0.4, -0.2) is 138 Å². The average molecular weight is 565 g/mol. The van der Waals surface area contributed by atoms with E-state index < -0.39 is 5.41 Å². The molecule has 0 saturated carbocycles. The summed E-state index contributed by atoms with van der Waals surface area (Å²) < 4.78 is 49.1. The molecule has 0 aliphatic heterocycles. The van der Waals surface area contributed by atoms with Gasteiger partial charge in [0.1, 0.15) is 12.9 Å². The smallest absolute Gasteiger partial charge is 0.145 e. The lowest BCUT2D eigenvalue weighted by molar-refractivity contribution is -0.116. The molecule has 0 aromatic carbocycles. The first-order valence-corrected chi connectivity index (χ1v) is 12.8. The Morgan fingerprint density at radius 2 is 0.846 bits per heavy atom. The maximum Gasteiger partial charge on any atom is 0.145 e. The molecule has 0 bridgehead atoms. The number of hydrogen-bond donors (Lipinski definition) is 0. The summed E-state index contributed by atoms with van der Waals surface area (Å²) in [5, 5.41) is 6.74. The highest BCUT2D eigenvalue weighted by Gasteiger charge is 2.26. The molecule has 16 heteroatoms. The van der Waals surface area contributed by atoms with Gasteiger partial charge in [-0.15, -0.1) is 0 Å². The van der Waals surface area contributed by atoms with Crippen molar-refractivity contribution < 1.29 is 47.4 Å². The molecule has 0 fully saturated rings. The van der Waals surface area contributed by atoms with Gasteiger partial charge in [0.2, 0.25) is 0 Å². The van der Waals surface area contributed by atoms with Gasteiger partial charge in [0.15, 0.2) is 0 Å². The Bertz CT molecular complexity index is 607. The average Bonchev–Trinajstić information content (AvgIpc) is 2.93. The van der Waals surface area contributed by atoms with Gasteiger partial charge in [-0.05, 0) is 11.1 Å². The fraction of sp³-hybridized carbons (Fsp3) is 0.957. The minimum Gasteiger partial charge on any atom is -0.379 e. The first-order valence-electron chi connectivity index (χ1n) is 12.8. The first-order chi connectivity index (χ1) is 19.2. The molecule has 0 rings (SSSR count). The van der Waals surface area contributed by atoms with Crippen LogP contribution in [0.4, 0.5) is 0 Å². The zero-order valence-electron chi connectivity index (χ0n) is 23.0. The predicted octanol–water partition coefficient (Wildman–Crippen LogP) is 1.96. The Hall–Kier alpha value is -2.07. The molecule has 0 aliphatic carbocycles. The van der Waals surface area contributed by atoms with Gasteiger partial charge in [-0.2, -0.15) is 0 Å². The second-order valence-electron chi connectivity index (χ2n) is 8.18. The second-order valence-corrected chi connectivity index (χ2v) is 8.18. The zero-order valence-corrected chi connectivity index (χ0v) is 23.0. The number of azide groups is 2. The maximum atomic E-state index is 10.6. The van der Waals surface area contributed by atoms with Crippen molar-refractivity contribution in [1.29, 1.82) is 0 Å². The van der Waals surface area contributed by atoms with E-state index in [1.807, 2.05) is 6.92 Å². The van der Waals surface area contributed by atoms with Crippen LogP contribution >= 0.6 is 0 Å². The van der Waals surface area contributed by atoms with Gasteiger partial charge >= 0.3 is 0 Å². The van der Waals surface area contributed by atoms with Gasteiger partial charge in [0.05, 0.1) is 112 Å². The fourth-order valence-electron chi connectivity index (χ4n) is 2.74. The molecule has 226 valence electrons. The third kappa shape index (κ3) is 28.8. The second kappa shape index (κ2) is 30.5. The van der Waals surface area contributed by atoms with Gasteiger partial charge in [-0.1, -0.05) is 17.2 Å². The summed E-state index contributed by atoms with van der Waals surface area (Å²) in [5.74, 6) is 0. The molecule has 0 unspecified atom stereocenters. The summed E-state index contributed by atoms with van der Waals surface area (Å²) in [6.07, 6.45) is 0.707. The molecule has 0 aromatic heterocycles. The van der Waals surface area contributed by atoms with Crippen LogP contribution in [0.15, 0.2) is 10.2 Å². The Morgan fingerprint density at radius 1 is 0.538 bits per heavy atom. The number of rotatable bonds is 32. The van der Waals surface area contributed by atoms with Gasteiger partial charge in [0.25, 0.3) is 0 Å². The SMILES string of the molecule is CC(COCC=O)(COCCOCCOCCOCCN=[N+]=[N-])COCCOCCOCCOCCN=[N+]=[N-]. The van der Waals surface area contributed by atoms with E-state index in [0.717, 1.165) is 0 Å². The minimum absolute atomic E-state index is 0.0134. The topological polar surface area (TPSA) is 198 Å². The maximum absolute atomic E-state index is 10.6. The number of aldehydes is 1. The van der Waals surface area contributed by atoms with E-state index >= 15 is 0 Å². The molecule has 0 spiro atoms. The van der Waals surface area contributed by atoms with E-state index in [-0.39, 0.29) is 6.61 Å². The van der Waals surface area contributed by atoms with Crippen molar-refractivity contribution in [3.8, 4) is 0 Å². The summed E-state index contributed by atoms with van der Waals surface area (Å²) in [6, 6.07) is 0. The van der Waals surface area contributed by atoms with Gasteiger partial charge in [-0.25, -0.2) is 0 Å². The van der Waals surface area contributed by atoms with Crippen LogP contribution < -0.4 is 0 Å². The van der Waals surface area contributed by atoms with Crippen molar-refractivity contribution in [2.24, 2.45) is 15.6 Å². The molecule has 0 amide bonds. The normalized spacial score (nSPS) is 12.4. The number of nitrogens with zero attached hydrogens (tertiary/aromatic N) is 6. The van der Waals surface area contributed by atoms with Crippen LogP contribution in [0, 0.1) is 5.41 Å². The fourth-order valence-corrected chi connectivity index (χ4v) is 2.74. The van der Waals surface area contributed by atoms with E-state index in [2.05, 4.69) is 20.1 Å². The van der Waals surface area contributed by atoms with Crippen molar-refractivity contribution >= 4 is 6.29 Å². The lowest BCUT2D eigenvalue weighted by Crippen LogP contribution is -2.35. The third-order valence-corrected chi connectivity index (χ3v) is 4.57. The van der Waals surface area contributed by atoms with Gasteiger partial charge in [-0.3, -0.25) is 0 Å². The van der Waals surface area contributed by atoms with Crippen LogP contribution in [-0.2, 0) is 47.4 Å². The van der Waals surface area contributed by atoms with Crippen LogP contribution in [0.25, 0.3) is 20.9 Å².